The van der Waals surface area contributed by atoms with E-state index in [-0.39, 0.29) is 11.8 Å². The lowest BCUT2D eigenvalue weighted by Gasteiger charge is -2.35. The lowest BCUT2D eigenvalue weighted by Crippen LogP contribution is -2.36. The first-order valence-corrected chi connectivity index (χ1v) is 13.7. The van der Waals surface area contributed by atoms with Crippen LogP contribution in [-0.4, -0.2) is 32.8 Å². The Labute approximate surface area is 214 Å². The van der Waals surface area contributed by atoms with Gasteiger partial charge in [0.2, 0.25) is 16.1 Å². The Hall–Kier alpha value is -3.10. The Balaban J connectivity index is 1.56. The number of benzene rings is 2. The predicted molar refractivity (Wildman–Crippen MR) is 142 cm³/mol. The molecule has 188 valence electrons. The van der Waals surface area contributed by atoms with Crippen LogP contribution in [0.4, 0.5) is 0 Å². The van der Waals surface area contributed by atoms with Crippen molar-refractivity contribution in [1.29, 1.82) is 0 Å². The second kappa shape index (κ2) is 10.5. The fourth-order valence-corrected chi connectivity index (χ4v) is 7.00. The summed E-state index contributed by atoms with van der Waals surface area (Å²) in [5.41, 5.74) is 1.83. The summed E-state index contributed by atoms with van der Waals surface area (Å²) in [5, 5.41) is 4.21. The maximum absolute atomic E-state index is 12.1. The van der Waals surface area contributed by atoms with Crippen LogP contribution >= 0.6 is 0 Å². The Morgan fingerprint density at radius 1 is 1.14 bits per heavy atom. The molecule has 0 aliphatic heterocycles. The summed E-state index contributed by atoms with van der Waals surface area (Å²) in [7, 11) is 1.69. The van der Waals surface area contributed by atoms with Gasteiger partial charge >= 0.3 is 5.69 Å². The SMILES string of the molecule is COc1cc(-c2cnn3c(=O)[nH]cnc23)ccc1[S+](O[C@@H]1C[C@H](C)CC[C@H]1C(C)C)c1ccccc1. The van der Waals surface area contributed by atoms with Gasteiger partial charge in [0, 0.05) is 11.6 Å². The van der Waals surface area contributed by atoms with E-state index in [2.05, 4.69) is 66.2 Å². The summed E-state index contributed by atoms with van der Waals surface area (Å²) < 4.78 is 14.2. The normalized spacial score (nSPS) is 21.1. The Kier molecular flexibility index (Phi) is 7.16. The van der Waals surface area contributed by atoms with Gasteiger partial charge in [-0.1, -0.05) is 45.4 Å². The van der Waals surface area contributed by atoms with Gasteiger partial charge in [-0.15, -0.1) is 0 Å². The van der Waals surface area contributed by atoms with E-state index in [1.165, 1.54) is 23.7 Å². The molecule has 1 saturated carbocycles. The molecule has 5 rings (SSSR count). The van der Waals surface area contributed by atoms with Gasteiger partial charge in [-0.3, -0.25) is 4.98 Å². The summed E-state index contributed by atoms with van der Waals surface area (Å²) in [6.45, 7) is 6.95. The van der Waals surface area contributed by atoms with Crippen LogP contribution in [-0.2, 0) is 15.4 Å². The summed E-state index contributed by atoms with van der Waals surface area (Å²) >= 11 is -0.615. The van der Waals surface area contributed by atoms with E-state index < -0.39 is 11.2 Å². The van der Waals surface area contributed by atoms with Crippen LogP contribution in [0, 0.1) is 17.8 Å². The van der Waals surface area contributed by atoms with Crippen molar-refractivity contribution in [2.24, 2.45) is 17.8 Å². The lowest BCUT2D eigenvalue weighted by atomic mass is 9.75. The van der Waals surface area contributed by atoms with Gasteiger partial charge < -0.3 is 4.74 Å². The number of methoxy groups -OCH3 is 1. The van der Waals surface area contributed by atoms with Crippen LogP contribution in [0.2, 0.25) is 0 Å². The van der Waals surface area contributed by atoms with Crippen molar-refractivity contribution in [2.45, 2.75) is 55.9 Å². The first-order chi connectivity index (χ1) is 17.5. The van der Waals surface area contributed by atoms with Gasteiger partial charge in [0.05, 0.1) is 19.6 Å². The van der Waals surface area contributed by atoms with E-state index in [4.69, 9.17) is 8.92 Å². The molecule has 7 nitrogen and oxygen atoms in total. The van der Waals surface area contributed by atoms with Crippen LogP contribution in [0.1, 0.15) is 40.0 Å². The average Bonchev–Trinajstić information content (AvgIpc) is 3.33. The monoisotopic (exact) mass is 505 g/mol. The van der Waals surface area contributed by atoms with Crippen molar-refractivity contribution < 1.29 is 8.92 Å². The highest BCUT2D eigenvalue weighted by Gasteiger charge is 2.41. The maximum atomic E-state index is 12.1. The van der Waals surface area contributed by atoms with Gasteiger partial charge in [0.25, 0.3) is 0 Å². The minimum absolute atomic E-state index is 0.192. The lowest BCUT2D eigenvalue weighted by molar-refractivity contribution is 0.0581. The van der Waals surface area contributed by atoms with Crippen molar-refractivity contribution in [2.75, 3.05) is 7.11 Å². The molecule has 4 atom stereocenters. The Bertz CT molecular complexity index is 1380. The minimum Gasteiger partial charge on any atom is -0.491 e. The van der Waals surface area contributed by atoms with Crippen molar-refractivity contribution in [3.63, 3.8) is 0 Å². The molecule has 0 bridgehead atoms. The molecule has 0 radical (unpaired) electrons. The fraction of sp³-hybridized carbons (Fsp3) is 0.393. The number of nitrogens with one attached hydrogen (secondary N) is 1. The van der Waals surface area contributed by atoms with Gasteiger partial charge in [-0.25, -0.2) is 9.78 Å². The van der Waals surface area contributed by atoms with Crippen LogP contribution in [0.3, 0.4) is 0 Å². The van der Waals surface area contributed by atoms with Crippen molar-refractivity contribution in [1.82, 2.24) is 19.6 Å². The molecule has 1 N–H and O–H groups in total. The van der Waals surface area contributed by atoms with Gasteiger partial charge in [0.1, 0.15) is 6.10 Å². The molecule has 1 unspecified atom stereocenters. The topological polar surface area (TPSA) is 81.5 Å². The van der Waals surface area contributed by atoms with Crippen LogP contribution < -0.4 is 10.4 Å². The third-order valence-corrected chi connectivity index (χ3v) is 9.00. The number of hydrogen-bond donors (Lipinski definition) is 1. The molecule has 1 aliphatic rings. The third kappa shape index (κ3) is 4.80. The van der Waals surface area contributed by atoms with Crippen molar-refractivity contribution >= 4 is 16.8 Å². The number of hydrogen-bond acceptors (Lipinski definition) is 5. The smallest absolute Gasteiger partial charge is 0.349 e. The molecule has 2 aromatic carbocycles. The molecule has 1 fully saturated rings. The zero-order chi connectivity index (χ0) is 25.2. The van der Waals surface area contributed by atoms with E-state index in [1.54, 1.807) is 13.3 Å². The van der Waals surface area contributed by atoms with E-state index in [1.807, 2.05) is 18.2 Å². The van der Waals surface area contributed by atoms with E-state index in [9.17, 15) is 4.79 Å². The van der Waals surface area contributed by atoms with E-state index >= 15 is 0 Å². The number of nitrogens with zero attached hydrogens (tertiary/aromatic N) is 3. The van der Waals surface area contributed by atoms with E-state index in [0.717, 1.165) is 33.1 Å². The van der Waals surface area contributed by atoms with Crippen molar-refractivity contribution in [3.8, 4) is 16.9 Å². The summed E-state index contributed by atoms with van der Waals surface area (Å²) in [5.74, 6) is 2.50. The molecule has 36 heavy (non-hydrogen) atoms. The van der Waals surface area contributed by atoms with Crippen LogP contribution in [0.5, 0.6) is 5.75 Å². The maximum Gasteiger partial charge on any atom is 0.349 e. The van der Waals surface area contributed by atoms with Gasteiger partial charge in [-0.2, -0.15) is 13.8 Å². The highest BCUT2D eigenvalue weighted by Crippen LogP contribution is 2.41. The molecule has 2 heterocycles. The zero-order valence-corrected chi connectivity index (χ0v) is 22.0. The largest absolute Gasteiger partial charge is 0.491 e. The van der Waals surface area contributed by atoms with Crippen LogP contribution in [0.15, 0.2) is 75.6 Å². The Morgan fingerprint density at radius 3 is 2.69 bits per heavy atom. The third-order valence-electron chi connectivity index (χ3n) is 7.12. The molecule has 8 heteroatoms. The quantitative estimate of drug-likeness (QED) is 0.334. The summed E-state index contributed by atoms with van der Waals surface area (Å²) in [6, 6.07) is 16.5. The second-order valence-electron chi connectivity index (χ2n) is 9.91. The molecule has 2 aromatic heterocycles. The molecular formula is C28H33N4O3S+. The molecule has 4 aromatic rings. The highest BCUT2D eigenvalue weighted by atomic mass is 32.2. The van der Waals surface area contributed by atoms with Gasteiger partial charge in [-0.05, 0) is 60.4 Å². The average molecular weight is 506 g/mol. The van der Waals surface area contributed by atoms with Gasteiger partial charge in [0.15, 0.2) is 16.3 Å². The first kappa shape index (κ1) is 24.6. The predicted octanol–water partition coefficient (Wildman–Crippen LogP) is 5.52. The summed E-state index contributed by atoms with van der Waals surface area (Å²) in [4.78, 5) is 21.1. The number of ether oxygens (including phenoxy) is 1. The van der Waals surface area contributed by atoms with Crippen LogP contribution in [0.25, 0.3) is 16.8 Å². The Morgan fingerprint density at radius 2 is 1.94 bits per heavy atom. The zero-order valence-electron chi connectivity index (χ0n) is 21.2. The molecule has 0 amide bonds. The number of rotatable bonds is 7. The number of aromatic nitrogens is 4. The highest BCUT2D eigenvalue weighted by molar-refractivity contribution is 7.92. The number of H-pyrrole nitrogens is 1. The molecule has 1 aliphatic carbocycles. The molecule has 0 saturated heterocycles. The standard InChI is InChI=1S/C28H32N4O3S/c1-18(2)22-12-10-19(3)14-24(22)35-36(21-8-6-5-7-9-21)26-13-11-20(15-25(26)34-4)23-16-31-32-27(23)29-17-30-28(32)33/h5-9,11,13,15-19,22,24H,10,12,14H2,1-4H3/p+1/t19-,22+,24-,36?/m1/s1. The minimum atomic E-state index is -0.615. The summed E-state index contributed by atoms with van der Waals surface area (Å²) in [6.07, 6.45) is 6.78. The molecule has 0 spiro atoms. The van der Waals surface area contributed by atoms with E-state index in [0.29, 0.717) is 23.4 Å². The van der Waals surface area contributed by atoms with Crippen molar-refractivity contribution in [3.05, 3.63) is 71.5 Å². The first-order valence-electron chi connectivity index (χ1n) is 12.5. The number of aromatic amines is 1. The number of fused-ring (bicyclic) bond motifs is 1. The second-order valence-corrected chi connectivity index (χ2v) is 11.6. The molecular weight excluding hydrogens is 472 g/mol. The fourth-order valence-electron chi connectivity index (χ4n) is 5.14.